The third-order valence-electron chi connectivity index (χ3n) is 2.60. The van der Waals surface area contributed by atoms with E-state index in [2.05, 4.69) is 29.4 Å². The molecule has 2 aromatic carbocycles. The number of benzene rings is 2. The molecular weight excluding hydrogens is 198 g/mol. The molecule has 0 amide bonds. The van der Waals surface area contributed by atoms with E-state index in [1.807, 2.05) is 41.1 Å². The van der Waals surface area contributed by atoms with Gasteiger partial charge in [-0.25, -0.2) is 4.68 Å². The normalized spacial score (nSPS) is 10.8. The number of rotatable bonds is 1. The standard InChI is InChI=1S/C13H11N3/c1-10-5-4-6-11(9-10)16-13-8-3-2-7-12(13)14-15-16/h2-9H,1H3. The summed E-state index contributed by atoms with van der Waals surface area (Å²) in [7, 11) is 0. The Morgan fingerprint density at radius 1 is 1.00 bits per heavy atom. The molecule has 1 aromatic heterocycles. The molecule has 0 bridgehead atoms. The van der Waals surface area contributed by atoms with Crippen LogP contribution in [0.5, 0.6) is 0 Å². The molecule has 0 unspecified atom stereocenters. The van der Waals surface area contributed by atoms with Crippen molar-refractivity contribution in [3.63, 3.8) is 0 Å². The second kappa shape index (κ2) is 3.45. The molecule has 0 spiro atoms. The Bertz CT molecular complexity index is 640. The molecule has 0 fully saturated rings. The number of hydrogen-bond acceptors (Lipinski definition) is 2. The van der Waals surface area contributed by atoms with Gasteiger partial charge < -0.3 is 0 Å². The van der Waals surface area contributed by atoms with E-state index < -0.39 is 0 Å². The second-order valence-electron chi connectivity index (χ2n) is 3.83. The molecule has 3 heteroatoms. The Labute approximate surface area is 93.3 Å². The predicted octanol–water partition coefficient (Wildman–Crippen LogP) is 2.73. The van der Waals surface area contributed by atoms with Crippen molar-refractivity contribution in [2.24, 2.45) is 0 Å². The molecule has 3 rings (SSSR count). The minimum atomic E-state index is 0.920. The molecule has 0 radical (unpaired) electrons. The predicted molar refractivity (Wildman–Crippen MR) is 63.6 cm³/mol. The Hall–Kier alpha value is -2.16. The third kappa shape index (κ3) is 1.37. The van der Waals surface area contributed by atoms with Crippen LogP contribution in [-0.4, -0.2) is 15.0 Å². The van der Waals surface area contributed by atoms with Gasteiger partial charge in [-0.05, 0) is 36.8 Å². The Balaban J connectivity index is 2.26. The van der Waals surface area contributed by atoms with Gasteiger partial charge in [0.15, 0.2) is 0 Å². The molecule has 1 heterocycles. The maximum absolute atomic E-state index is 4.17. The quantitative estimate of drug-likeness (QED) is 0.617. The van der Waals surface area contributed by atoms with Crippen LogP contribution in [-0.2, 0) is 0 Å². The molecule has 0 aliphatic carbocycles. The van der Waals surface area contributed by atoms with Gasteiger partial charge in [-0.2, -0.15) is 0 Å². The Kier molecular flexibility index (Phi) is 1.96. The fourth-order valence-electron chi connectivity index (χ4n) is 1.82. The summed E-state index contributed by atoms with van der Waals surface area (Å²) in [5, 5.41) is 8.31. The van der Waals surface area contributed by atoms with Crippen molar-refractivity contribution in [1.29, 1.82) is 0 Å². The molecule has 78 valence electrons. The number of fused-ring (bicyclic) bond motifs is 1. The van der Waals surface area contributed by atoms with E-state index in [9.17, 15) is 0 Å². The van der Waals surface area contributed by atoms with E-state index in [4.69, 9.17) is 0 Å². The molecule has 0 saturated heterocycles. The second-order valence-corrected chi connectivity index (χ2v) is 3.83. The van der Waals surface area contributed by atoms with E-state index >= 15 is 0 Å². The molecule has 0 aliphatic heterocycles. The van der Waals surface area contributed by atoms with Crippen LogP contribution >= 0.6 is 0 Å². The average Bonchev–Trinajstić information content (AvgIpc) is 2.72. The van der Waals surface area contributed by atoms with E-state index in [0.717, 1.165) is 16.7 Å². The third-order valence-corrected chi connectivity index (χ3v) is 2.60. The largest absolute Gasteiger partial charge is 0.213 e. The van der Waals surface area contributed by atoms with E-state index in [0.29, 0.717) is 0 Å². The van der Waals surface area contributed by atoms with Crippen LogP contribution in [0.1, 0.15) is 5.56 Å². The highest BCUT2D eigenvalue weighted by atomic mass is 15.4. The van der Waals surface area contributed by atoms with Gasteiger partial charge in [-0.15, -0.1) is 5.10 Å². The van der Waals surface area contributed by atoms with Gasteiger partial charge >= 0.3 is 0 Å². The van der Waals surface area contributed by atoms with Gasteiger partial charge in [0.2, 0.25) is 0 Å². The smallest absolute Gasteiger partial charge is 0.113 e. The van der Waals surface area contributed by atoms with Crippen molar-refractivity contribution >= 4 is 11.0 Å². The first-order valence-corrected chi connectivity index (χ1v) is 5.22. The summed E-state index contributed by atoms with van der Waals surface area (Å²) in [6, 6.07) is 16.2. The van der Waals surface area contributed by atoms with E-state index in [1.54, 1.807) is 0 Å². The minimum Gasteiger partial charge on any atom is -0.213 e. The van der Waals surface area contributed by atoms with E-state index in [1.165, 1.54) is 5.56 Å². The molecular formula is C13H11N3. The lowest BCUT2D eigenvalue weighted by Gasteiger charge is -2.02. The van der Waals surface area contributed by atoms with Crippen LogP contribution in [0, 0.1) is 6.92 Å². The fourth-order valence-corrected chi connectivity index (χ4v) is 1.82. The highest BCUT2D eigenvalue weighted by Gasteiger charge is 2.04. The first kappa shape index (κ1) is 9.09. The number of nitrogens with zero attached hydrogens (tertiary/aromatic N) is 3. The lowest BCUT2D eigenvalue weighted by atomic mass is 10.2. The van der Waals surface area contributed by atoms with Crippen LogP contribution in [0.2, 0.25) is 0 Å². The van der Waals surface area contributed by atoms with Crippen LogP contribution in [0.15, 0.2) is 48.5 Å². The maximum atomic E-state index is 4.17. The summed E-state index contributed by atoms with van der Waals surface area (Å²) in [6.45, 7) is 2.07. The van der Waals surface area contributed by atoms with E-state index in [-0.39, 0.29) is 0 Å². The minimum absolute atomic E-state index is 0.920. The van der Waals surface area contributed by atoms with Crippen LogP contribution < -0.4 is 0 Å². The molecule has 0 saturated carbocycles. The van der Waals surface area contributed by atoms with Crippen LogP contribution in [0.4, 0.5) is 0 Å². The maximum Gasteiger partial charge on any atom is 0.113 e. The van der Waals surface area contributed by atoms with Crippen molar-refractivity contribution in [3.8, 4) is 5.69 Å². The number of hydrogen-bond donors (Lipinski definition) is 0. The topological polar surface area (TPSA) is 30.7 Å². The zero-order valence-corrected chi connectivity index (χ0v) is 8.96. The van der Waals surface area contributed by atoms with Crippen molar-refractivity contribution in [2.45, 2.75) is 6.92 Å². The summed E-state index contributed by atoms with van der Waals surface area (Å²) < 4.78 is 1.86. The zero-order valence-electron chi connectivity index (χ0n) is 8.96. The Morgan fingerprint density at radius 3 is 2.75 bits per heavy atom. The first-order chi connectivity index (χ1) is 7.84. The average molecular weight is 209 g/mol. The van der Waals surface area contributed by atoms with Gasteiger partial charge in [0.25, 0.3) is 0 Å². The summed E-state index contributed by atoms with van der Waals surface area (Å²) >= 11 is 0. The monoisotopic (exact) mass is 209 g/mol. The highest BCUT2D eigenvalue weighted by molar-refractivity contribution is 5.75. The molecule has 16 heavy (non-hydrogen) atoms. The van der Waals surface area contributed by atoms with Crippen molar-refractivity contribution in [2.75, 3.05) is 0 Å². The van der Waals surface area contributed by atoms with Gasteiger partial charge in [0, 0.05) is 0 Å². The zero-order chi connectivity index (χ0) is 11.0. The number of aromatic nitrogens is 3. The van der Waals surface area contributed by atoms with Gasteiger partial charge in [0.1, 0.15) is 5.52 Å². The lowest BCUT2D eigenvalue weighted by molar-refractivity contribution is 0.823. The van der Waals surface area contributed by atoms with Crippen molar-refractivity contribution in [1.82, 2.24) is 15.0 Å². The summed E-state index contributed by atoms with van der Waals surface area (Å²) in [5.74, 6) is 0. The van der Waals surface area contributed by atoms with Gasteiger partial charge in [-0.3, -0.25) is 0 Å². The number of aryl methyl sites for hydroxylation is 1. The Morgan fingerprint density at radius 2 is 1.88 bits per heavy atom. The molecule has 3 aromatic rings. The van der Waals surface area contributed by atoms with Gasteiger partial charge in [0.05, 0.1) is 11.2 Å². The summed E-state index contributed by atoms with van der Waals surface area (Å²) in [6.07, 6.45) is 0. The van der Waals surface area contributed by atoms with Gasteiger partial charge in [-0.1, -0.05) is 29.5 Å². The molecule has 0 aliphatic rings. The van der Waals surface area contributed by atoms with Crippen molar-refractivity contribution < 1.29 is 0 Å². The van der Waals surface area contributed by atoms with Crippen molar-refractivity contribution in [3.05, 3.63) is 54.1 Å². The molecule has 0 N–H and O–H groups in total. The van der Waals surface area contributed by atoms with Crippen LogP contribution in [0.3, 0.4) is 0 Å². The SMILES string of the molecule is Cc1cccc(-n2nnc3ccccc32)c1. The lowest BCUT2D eigenvalue weighted by Crippen LogP contribution is -1.96. The molecule has 0 atom stereocenters. The first-order valence-electron chi connectivity index (χ1n) is 5.22. The summed E-state index contributed by atoms with van der Waals surface area (Å²) in [5.41, 5.74) is 4.22. The summed E-state index contributed by atoms with van der Waals surface area (Å²) in [4.78, 5) is 0. The van der Waals surface area contributed by atoms with Crippen LogP contribution in [0.25, 0.3) is 16.7 Å². The highest BCUT2D eigenvalue weighted by Crippen LogP contribution is 2.16. The molecule has 3 nitrogen and oxygen atoms in total. The number of para-hydroxylation sites is 1. The fraction of sp³-hybridized carbons (Fsp3) is 0.0769.